The average molecular weight is 380 g/mol. The Hall–Kier alpha value is -1.59. The molecule has 3 rings (SSSR count). The molecule has 0 radical (unpaired) electrons. The Morgan fingerprint density at radius 2 is 1.69 bits per heavy atom. The van der Waals surface area contributed by atoms with Gasteiger partial charge in [0.2, 0.25) is 5.91 Å². The van der Waals surface area contributed by atoms with Crippen molar-refractivity contribution in [3.05, 3.63) is 35.4 Å². The maximum absolute atomic E-state index is 12.7. The third kappa shape index (κ3) is 4.77. The summed E-state index contributed by atoms with van der Waals surface area (Å²) in [5.41, 5.74) is 1.98. The molecule has 2 aliphatic heterocycles. The summed E-state index contributed by atoms with van der Waals surface area (Å²) >= 11 is 0. The first-order chi connectivity index (χ1) is 12.1. The minimum Gasteiger partial charge on any atom is -0.339 e. The minimum absolute atomic E-state index is 0. The molecule has 0 unspecified atom stereocenters. The van der Waals surface area contributed by atoms with Crippen LogP contribution in [0.5, 0.6) is 0 Å². The number of piperidine rings is 1. The van der Waals surface area contributed by atoms with E-state index in [-0.39, 0.29) is 30.1 Å². The van der Waals surface area contributed by atoms with Crippen LogP contribution in [0.3, 0.4) is 0 Å². The third-order valence-corrected chi connectivity index (χ3v) is 5.46. The van der Waals surface area contributed by atoms with Crippen molar-refractivity contribution in [3.8, 4) is 0 Å². The number of carbonyl (C=O) groups is 2. The fourth-order valence-corrected chi connectivity index (χ4v) is 3.81. The first-order valence-corrected chi connectivity index (χ1v) is 9.49. The van der Waals surface area contributed by atoms with Gasteiger partial charge in [-0.25, -0.2) is 0 Å². The SMILES string of the molecule is CCc1ccc(C(=O)N2CCN(C(=O)[C@H]3CCN[C@@H](C)C3)CC2)cc1.Cl. The number of benzene rings is 1. The van der Waals surface area contributed by atoms with E-state index in [1.54, 1.807) is 0 Å². The molecule has 2 heterocycles. The molecule has 2 amide bonds. The molecule has 1 aromatic rings. The lowest BCUT2D eigenvalue weighted by Gasteiger charge is -2.38. The number of piperazine rings is 1. The molecule has 2 aliphatic rings. The molecular formula is C20H30ClN3O2. The van der Waals surface area contributed by atoms with Crippen molar-refractivity contribution >= 4 is 24.2 Å². The number of aryl methyl sites for hydroxylation is 1. The van der Waals surface area contributed by atoms with E-state index in [1.807, 2.05) is 34.1 Å². The maximum Gasteiger partial charge on any atom is 0.253 e. The molecule has 0 spiro atoms. The Morgan fingerprint density at radius 1 is 1.08 bits per heavy atom. The quantitative estimate of drug-likeness (QED) is 0.877. The van der Waals surface area contributed by atoms with Gasteiger partial charge in [-0.05, 0) is 50.4 Å². The number of hydrogen-bond acceptors (Lipinski definition) is 3. The van der Waals surface area contributed by atoms with Crippen molar-refractivity contribution in [2.24, 2.45) is 5.92 Å². The van der Waals surface area contributed by atoms with E-state index in [4.69, 9.17) is 0 Å². The third-order valence-electron chi connectivity index (χ3n) is 5.46. The zero-order chi connectivity index (χ0) is 17.8. The van der Waals surface area contributed by atoms with Crippen LogP contribution < -0.4 is 5.32 Å². The van der Waals surface area contributed by atoms with Gasteiger partial charge < -0.3 is 15.1 Å². The van der Waals surface area contributed by atoms with Gasteiger partial charge in [0.05, 0.1) is 0 Å². The first kappa shape index (κ1) is 20.7. The maximum atomic E-state index is 12.7. The Bertz CT molecular complexity index is 612. The second-order valence-corrected chi connectivity index (χ2v) is 7.24. The molecule has 26 heavy (non-hydrogen) atoms. The van der Waals surface area contributed by atoms with Gasteiger partial charge in [-0.15, -0.1) is 12.4 Å². The monoisotopic (exact) mass is 379 g/mol. The molecule has 1 N–H and O–H groups in total. The molecule has 0 saturated carbocycles. The molecule has 1 aromatic carbocycles. The molecule has 2 atom stereocenters. The summed E-state index contributed by atoms with van der Waals surface area (Å²) in [5, 5.41) is 3.39. The van der Waals surface area contributed by atoms with Crippen LogP contribution in [0.25, 0.3) is 0 Å². The highest BCUT2D eigenvalue weighted by atomic mass is 35.5. The highest BCUT2D eigenvalue weighted by Crippen LogP contribution is 2.20. The highest BCUT2D eigenvalue weighted by Gasteiger charge is 2.31. The summed E-state index contributed by atoms with van der Waals surface area (Å²) in [5.74, 6) is 0.484. The molecule has 0 aromatic heterocycles. The van der Waals surface area contributed by atoms with Gasteiger partial charge in [0.25, 0.3) is 5.91 Å². The van der Waals surface area contributed by atoms with Crippen LogP contribution in [0.4, 0.5) is 0 Å². The topological polar surface area (TPSA) is 52.7 Å². The summed E-state index contributed by atoms with van der Waals surface area (Å²) < 4.78 is 0. The van der Waals surface area contributed by atoms with Crippen molar-refractivity contribution in [1.29, 1.82) is 0 Å². The average Bonchev–Trinajstić information content (AvgIpc) is 2.67. The van der Waals surface area contributed by atoms with Crippen LogP contribution in [0.1, 0.15) is 42.6 Å². The zero-order valence-corrected chi connectivity index (χ0v) is 16.6. The second kappa shape index (κ2) is 9.38. The van der Waals surface area contributed by atoms with E-state index in [0.29, 0.717) is 32.2 Å². The lowest BCUT2D eigenvalue weighted by atomic mass is 9.92. The van der Waals surface area contributed by atoms with E-state index >= 15 is 0 Å². The fraction of sp³-hybridized carbons (Fsp3) is 0.600. The van der Waals surface area contributed by atoms with Crippen molar-refractivity contribution < 1.29 is 9.59 Å². The number of halogens is 1. The molecule has 2 saturated heterocycles. The Balaban J connectivity index is 0.00000243. The van der Waals surface area contributed by atoms with E-state index in [9.17, 15) is 9.59 Å². The number of rotatable bonds is 3. The molecule has 0 aliphatic carbocycles. The summed E-state index contributed by atoms with van der Waals surface area (Å²) in [4.78, 5) is 29.2. The van der Waals surface area contributed by atoms with Crippen molar-refractivity contribution in [3.63, 3.8) is 0 Å². The van der Waals surface area contributed by atoms with Gasteiger partial charge >= 0.3 is 0 Å². The standard InChI is InChI=1S/C20H29N3O2.ClH/c1-3-16-4-6-17(7-5-16)19(24)22-10-12-23(13-11-22)20(25)18-8-9-21-15(2)14-18;/h4-7,15,18,21H,3,8-14H2,1-2H3;1H/t15-,18-;/m0./s1. The predicted octanol–water partition coefficient (Wildman–Crippen LogP) is 2.34. The van der Waals surface area contributed by atoms with E-state index < -0.39 is 0 Å². The largest absolute Gasteiger partial charge is 0.339 e. The zero-order valence-electron chi connectivity index (χ0n) is 15.7. The number of carbonyl (C=O) groups excluding carboxylic acids is 2. The van der Waals surface area contributed by atoms with Crippen LogP contribution in [0.2, 0.25) is 0 Å². The Labute approximate surface area is 162 Å². The number of amides is 2. The van der Waals surface area contributed by atoms with E-state index in [0.717, 1.165) is 31.4 Å². The number of nitrogens with zero attached hydrogens (tertiary/aromatic N) is 2. The van der Waals surface area contributed by atoms with Crippen LogP contribution >= 0.6 is 12.4 Å². The van der Waals surface area contributed by atoms with E-state index in [2.05, 4.69) is 19.2 Å². The molecule has 5 nitrogen and oxygen atoms in total. The first-order valence-electron chi connectivity index (χ1n) is 9.49. The normalized spacial score (nSPS) is 23.3. The lowest BCUT2D eigenvalue weighted by molar-refractivity contribution is -0.138. The Morgan fingerprint density at radius 3 is 2.27 bits per heavy atom. The molecule has 144 valence electrons. The van der Waals surface area contributed by atoms with Crippen LogP contribution in [-0.2, 0) is 11.2 Å². The van der Waals surface area contributed by atoms with Crippen molar-refractivity contribution in [1.82, 2.24) is 15.1 Å². The number of hydrogen-bond donors (Lipinski definition) is 1. The molecule has 6 heteroatoms. The van der Waals surface area contributed by atoms with Crippen LogP contribution in [0.15, 0.2) is 24.3 Å². The molecular weight excluding hydrogens is 350 g/mol. The number of nitrogens with one attached hydrogen (secondary N) is 1. The van der Waals surface area contributed by atoms with Gasteiger partial charge in [-0.1, -0.05) is 19.1 Å². The lowest BCUT2D eigenvalue weighted by Crippen LogP contribution is -2.53. The molecule has 0 bridgehead atoms. The minimum atomic E-state index is 0. The van der Waals surface area contributed by atoms with Gasteiger partial charge in [-0.2, -0.15) is 0 Å². The highest BCUT2D eigenvalue weighted by molar-refractivity contribution is 5.94. The van der Waals surface area contributed by atoms with E-state index in [1.165, 1.54) is 5.56 Å². The smallest absolute Gasteiger partial charge is 0.253 e. The van der Waals surface area contributed by atoms with Gasteiger partial charge in [0.1, 0.15) is 0 Å². The predicted molar refractivity (Wildman–Crippen MR) is 106 cm³/mol. The molecule has 2 fully saturated rings. The van der Waals surface area contributed by atoms with Crippen LogP contribution in [0, 0.1) is 5.92 Å². The van der Waals surface area contributed by atoms with Crippen LogP contribution in [-0.4, -0.2) is 60.4 Å². The van der Waals surface area contributed by atoms with Crippen molar-refractivity contribution in [2.45, 2.75) is 39.2 Å². The van der Waals surface area contributed by atoms with Crippen molar-refractivity contribution in [2.75, 3.05) is 32.7 Å². The second-order valence-electron chi connectivity index (χ2n) is 7.24. The van der Waals surface area contributed by atoms with Gasteiger partial charge in [0, 0.05) is 43.7 Å². The van der Waals surface area contributed by atoms with Gasteiger partial charge in [-0.3, -0.25) is 9.59 Å². The van der Waals surface area contributed by atoms with Gasteiger partial charge in [0.15, 0.2) is 0 Å². The summed E-state index contributed by atoms with van der Waals surface area (Å²) in [6, 6.07) is 8.28. The summed E-state index contributed by atoms with van der Waals surface area (Å²) in [7, 11) is 0. The fourth-order valence-electron chi connectivity index (χ4n) is 3.81. The Kier molecular flexibility index (Phi) is 7.47. The summed E-state index contributed by atoms with van der Waals surface area (Å²) in [6.07, 6.45) is 2.82. The summed E-state index contributed by atoms with van der Waals surface area (Å²) in [6.45, 7) is 7.72.